The van der Waals surface area contributed by atoms with Crippen LogP contribution >= 0.6 is 0 Å². The van der Waals surface area contributed by atoms with E-state index in [-0.39, 0.29) is 29.5 Å². The molecule has 0 bridgehead atoms. The lowest BCUT2D eigenvalue weighted by atomic mass is 10.1. The summed E-state index contributed by atoms with van der Waals surface area (Å²) in [5.41, 5.74) is 7.74. The minimum absolute atomic E-state index is 0.136. The number of furan rings is 1. The zero-order valence-corrected chi connectivity index (χ0v) is 23.5. The Hall–Kier alpha value is -4.28. The Bertz CT molecular complexity index is 1730. The van der Waals surface area contributed by atoms with Crippen molar-refractivity contribution in [1.82, 2.24) is 39.3 Å². The molecule has 0 spiro atoms. The van der Waals surface area contributed by atoms with Crippen molar-refractivity contribution in [1.29, 1.82) is 0 Å². The van der Waals surface area contributed by atoms with E-state index in [1.807, 2.05) is 4.57 Å². The number of aromatic nitrogens is 6. The zero-order valence-electron chi connectivity index (χ0n) is 22.7. The van der Waals surface area contributed by atoms with Crippen molar-refractivity contribution in [3.05, 3.63) is 54.1 Å². The minimum Gasteiger partial charge on any atom is -0.617 e. The fraction of sp³-hybridized carbons (Fsp3) is 0.346. The van der Waals surface area contributed by atoms with Crippen LogP contribution in [-0.2, 0) is 17.7 Å². The lowest BCUT2D eigenvalue weighted by Crippen LogP contribution is -2.47. The molecule has 1 unspecified atom stereocenters. The summed E-state index contributed by atoms with van der Waals surface area (Å²) in [6, 6.07) is 5.49. The van der Waals surface area contributed by atoms with Crippen LogP contribution in [0.2, 0.25) is 0 Å². The molecular formula is C26H28F2N10O3S. The van der Waals surface area contributed by atoms with E-state index in [0.717, 1.165) is 6.07 Å². The Kier molecular flexibility index (Phi) is 7.66. The van der Waals surface area contributed by atoms with Crippen molar-refractivity contribution in [2.45, 2.75) is 6.54 Å². The van der Waals surface area contributed by atoms with Crippen LogP contribution in [-0.4, -0.2) is 95.8 Å². The van der Waals surface area contributed by atoms with Gasteiger partial charge < -0.3 is 29.5 Å². The zero-order chi connectivity index (χ0) is 29.4. The third kappa shape index (κ3) is 5.47. The number of piperazine rings is 1. The molecule has 4 aromatic heterocycles. The summed E-state index contributed by atoms with van der Waals surface area (Å²) >= 11 is -1.09. The molecule has 1 saturated heterocycles. The van der Waals surface area contributed by atoms with Crippen LogP contribution in [0.3, 0.4) is 0 Å². The molecule has 0 aliphatic carbocycles. The number of nitrogens with zero attached hydrogens (tertiary/aromatic N) is 8. The highest BCUT2D eigenvalue weighted by atomic mass is 32.2. The van der Waals surface area contributed by atoms with Crippen LogP contribution in [0.1, 0.15) is 10.4 Å². The Morgan fingerprint density at radius 3 is 2.69 bits per heavy atom. The van der Waals surface area contributed by atoms with Gasteiger partial charge in [-0.3, -0.25) is 9.69 Å². The van der Waals surface area contributed by atoms with Gasteiger partial charge in [0.15, 0.2) is 22.6 Å². The molecule has 5 heterocycles. The molecule has 13 nitrogen and oxygen atoms in total. The van der Waals surface area contributed by atoms with Gasteiger partial charge in [-0.2, -0.15) is 9.50 Å². The molecule has 0 saturated carbocycles. The van der Waals surface area contributed by atoms with Crippen LogP contribution in [0.4, 0.5) is 20.4 Å². The molecule has 16 heteroatoms. The highest BCUT2D eigenvalue weighted by Crippen LogP contribution is 2.26. The molecule has 5 aromatic rings. The van der Waals surface area contributed by atoms with Crippen LogP contribution in [0.5, 0.6) is 0 Å². The normalized spacial score (nSPS) is 15.1. The van der Waals surface area contributed by atoms with Crippen LogP contribution in [0, 0.1) is 11.6 Å². The molecule has 1 atom stereocenters. The first-order valence-electron chi connectivity index (χ1n) is 13.2. The second-order valence-corrected chi connectivity index (χ2v) is 11.4. The molecule has 1 fully saturated rings. The van der Waals surface area contributed by atoms with Crippen molar-refractivity contribution in [3.8, 4) is 11.6 Å². The number of carbonyl (C=O) groups is 1. The van der Waals surface area contributed by atoms with E-state index in [9.17, 15) is 18.1 Å². The average Bonchev–Trinajstić information content (AvgIpc) is 3.72. The van der Waals surface area contributed by atoms with E-state index < -0.39 is 28.7 Å². The average molecular weight is 599 g/mol. The fourth-order valence-electron chi connectivity index (χ4n) is 4.92. The summed E-state index contributed by atoms with van der Waals surface area (Å²) in [6.45, 7) is 3.63. The maximum atomic E-state index is 14.7. The number of fused-ring (bicyclic) bond motifs is 3. The van der Waals surface area contributed by atoms with Gasteiger partial charge in [-0.05, 0) is 18.2 Å². The second kappa shape index (κ2) is 11.5. The van der Waals surface area contributed by atoms with Gasteiger partial charge in [0.25, 0.3) is 5.91 Å². The van der Waals surface area contributed by atoms with Crippen molar-refractivity contribution < 1.29 is 22.5 Å². The highest BCUT2D eigenvalue weighted by Gasteiger charge is 2.24. The Balaban J connectivity index is 1.10. The van der Waals surface area contributed by atoms with Gasteiger partial charge in [0.1, 0.15) is 17.4 Å². The number of benzene rings is 1. The minimum atomic E-state index is -1.09. The van der Waals surface area contributed by atoms with Crippen molar-refractivity contribution in [2.75, 3.05) is 61.9 Å². The number of carbonyl (C=O) groups excluding carboxylic acids is 1. The highest BCUT2D eigenvalue weighted by molar-refractivity contribution is 7.90. The lowest BCUT2D eigenvalue weighted by molar-refractivity contribution is 0.0952. The van der Waals surface area contributed by atoms with Gasteiger partial charge in [-0.1, -0.05) is 11.2 Å². The van der Waals surface area contributed by atoms with Gasteiger partial charge in [-0.25, -0.2) is 18.7 Å². The summed E-state index contributed by atoms with van der Waals surface area (Å²) in [5, 5.41) is 6.93. The van der Waals surface area contributed by atoms with Gasteiger partial charge in [-0.15, -0.1) is 5.10 Å². The van der Waals surface area contributed by atoms with Gasteiger partial charge in [0.05, 0.1) is 36.6 Å². The van der Waals surface area contributed by atoms with E-state index >= 15 is 0 Å². The van der Waals surface area contributed by atoms with Gasteiger partial charge >= 0.3 is 0 Å². The molecule has 1 aliphatic rings. The monoisotopic (exact) mass is 598 g/mol. The standard InChI is InChI=1S/C26H28F2N10O3S/c1-42(40)12-4-30-25(39)16-13-19(18(28)14-17(16)27)36-8-5-35(6-9-36)7-10-37-15-31-21-23(37)33-26(29)38-24(21)32-22(34-38)20-3-2-11-41-20/h2-3,11,13-15H,4-10,12H2,1H3,(H2,29,33)(H,30,39). The summed E-state index contributed by atoms with van der Waals surface area (Å²) in [7, 11) is 0. The number of nitrogens with one attached hydrogen (secondary N) is 1. The molecule has 1 amide bonds. The first kappa shape index (κ1) is 27.9. The summed E-state index contributed by atoms with van der Waals surface area (Å²) in [6.07, 6.45) is 4.74. The number of anilines is 2. The van der Waals surface area contributed by atoms with Crippen LogP contribution in [0.15, 0.2) is 41.3 Å². The predicted octanol–water partition coefficient (Wildman–Crippen LogP) is 1.52. The topological polar surface area (TPSA) is 159 Å². The maximum absolute atomic E-state index is 14.7. The summed E-state index contributed by atoms with van der Waals surface area (Å²) < 4.78 is 49.1. The van der Waals surface area contributed by atoms with Crippen molar-refractivity contribution in [2.24, 2.45) is 0 Å². The Morgan fingerprint density at radius 2 is 1.95 bits per heavy atom. The largest absolute Gasteiger partial charge is 0.617 e. The SMILES string of the molecule is C[S+]([O-])CCNC(=O)c1cc(N2CCN(CCn3cnc4c3nc(N)n3nc(-c5ccco5)nc43)CC2)c(F)cc1F. The quantitative estimate of drug-likeness (QED) is 0.238. The molecule has 220 valence electrons. The predicted molar refractivity (Wildman–Crippen MR) is 152 cm³/mol. The maximum Gasteiger partial charge on any atom is 0.254 e. The number of nitrogen functional groups attached to an aromatic ring is 1. The number of rotatable bonds is 9. The fourth-order valence-corrected chi connectivity index (χ4v) is 5.31. The summed E-state index contributed by atoms with van der Waals surface area (Å²) in [5.74, 6) is -1.01. The van der Waals surface area contributed by atoms with Crippen LogP contribution in [0.25, 0.3) is 28.4 Å². The smallest absolute Gasteiger partial charge is 0.254 e. The number of hydrogen-bond acceptors (Lipinski definition) is 10. The number of hydrogen-bond donors (Lipinski definition) is 2. The molecule has 1 aromatic carbocycles. The van der Waals surface area contributed by atoms with Crippen LogP contribution < -0.4 is 16.0 Å². The van der Waals surface area contributed by atoms with E-state index in [2.05, 4.69) is 30.3 Å². The summed E-state index contributed by atoms with van der Waals surface area (Å²) in [4.78, 5) is 30.0. The number of amides is 1. The Labute approximate surface area is 241 Å². The van der Waals surface area contributed by atoms with E-state index in [1.165, 1.54) is 16.8 Å². The first-order valence-corrected chi connectivity index (χ1v) is 15.0. The molecule has 6 rings (SSSR count). The number of halogens is 2. The molecule has 1 aliphatic heterocycles. The second-order valence-electron chi connectivity index (χ2n) is 9.87. The third-order valence-corrected chi connectivity index (χ3v) is 7.91. The first-order chi connectivity index (χ1) is 20.3. The van der Waals surface area contributed by atoms with E-state index in [1.54, 1.807) is 29.6 Å². The van der Waals surface area contributed by atoms with Gasteiger partial charge in [0.2, 0.25) is 11.8 Å². The third-order valence-electron chi connectivity index (χ3n) is 7.13. The van der Waals surface area contributed by atoms with Gasteiger partial charge in [0, 0.05) is 45.3 Å². The number of nitrogens with two attached hydrogens (primary N) is 1. The van der Waals surface area contributed by atoms with E-state index in [4.69, 9.17) is 10.2 Å². The molecule has 0 radical (unpaired) electrons. The van der Waals surface area contributed by atoms with Crippen molar-refractivity contribution in [3.63, 3.8) is 0 Å². The lowest BCUT2D eigenvalue weighted by Gasteiger charge is -2.36. The van der Waals surface area contributed by atoms with Crippen molar-refractivity contribution >= 4 is 45.5 Å². The number of imidazole rings is 1. The molecule has 3 N–H and O–H groups in total. The van der Waals surface area contributed by atoms with E-state index in [0.29, 0.717) is 67.7 Å². The molecule has 42 heavy (non-hydrogen) atoms. The Morgan fingerprint density at radius 1 is 1.14 bits per heavy atom. The molecular weight excluding hydrogens is 570 g/mol.